The molecule has 1 atom stereocenters. The number of unbranched alkanes of at least 4 members (excludes halogenated alkanes) is 33. The largest absolute Gasteiger partial charge is 0.462 e. The van der Waals surface area contributed by atoms with Crippen molar-refractivity contribution < 1.29 is 28.6 Å². The monoisotopic (exact) mass is 845 g/mol. The van der Waals surface area contributed by atoms with Crippen LogP contribution in [0.5, 0.6) is 0 Å². The van der Waals surface area contributed by atoms with Gasteiger partial charge in [0.05, 0.1) is 0 Å². The lowest BCUT2D eigenvalue weighted by molar-refractivity contribution is -0.167. The van der Waals surface area contributed by atoms with E-state index in [9.17, 15) is 14.4 Å². The van der Waals surface area contributed by atoms with Crippen molar-refractivity contribution in [3.63, 3.8) is 0 Å². The van der Waals surface area contributed by atoms with Crippen LogP contribution in [-0.2, 0) is 28.6 Å². The lowest BCUT2D eigenvalue weighted by Crippen LogP contribution is -2.30. The minimum absolute atomic E-state index is 0.0734. The molecule has 0 aromatic rings. The van der Waals surface area contributed by atoms with Crippen molar-refractivity contribution in [1.82, 2.24) is 0 Å². The van der Waals surface area contributed by atoms with Gasteiger partial charge in [0.25, 0.3) is 0 Å². The Hall–Kier alpha value is -2.11. The zero-order valence-electron chi connectivity index (χ0n) is 40.2. The zero-order chi connectivity index (χ0) is 43.7. The Morgan fingerprint density at radius 2 is 0.550 bits per heavy atom. The molecule has 6 nitrogen and oxygen atoms in total. The summed E-state index contributed by atoms with van der Waals surface area (Å²) in [5.41, 5.74) is 0. The van der Waals surface area contributed by atoms with Crippen LogP contribution in [0.2, 0.25) is 0 Å². The van der Waals surface area contributed by atoms with E-state index in [1.165, 1.54) is 173 Å². The maximum absolute atomic E-state index is 12.8. The highest BCUT2D eigenvalue weighted by molar-refractivity contribution is 5.71. The van der Waals surface area contributed by atoms with E-state index in [1.54, 1.807) is 0 Å². The Kier molecular flexibility index (Phi) is 47.8. The summed E-state index contributed by atoms with van der Waals surface area (Å²) in [5.74, 6) is -0.878. The van der Waals surface area contributed by atoms with E-state index < -0.39 is 6.10 Å². The number of hydrogen-bond acceptors (Lipinski definition) is 6. The van der Waals surface area contributed by atoms with Gasteiger partial charge in [0.1, 0.15) is 13.2 Å². The van der Waals surface area contributed by atoms with E-state index in [-0.39, 0.29) is 31.1 Å². The van der Waals surface area contributed by atoms with Crippen LogP contribution in [-0.4, -0.2) is 37.2 Å². The molecule has 0 radical (unpaired) electrons. The summed E-state index contributed by atoms with van der Waals surface area (Å²) < 4.78 is 16.8. The van der Waals surface area contributed by atoms with Crippen molar-refractivity contribution in [3.8, 4) is 0 Å². The molecule has 0 spiro atoms. The van der Waals surface area contributed by atoms with Gasteiger partial charge in [-0.2, -0.15) is 0 Å². The van der Waals surface area contributed by atoms with Gasteiger partial charge in [0.2, 0.25) is 0 Å². The second-order valence-electron chi connectivity index (χ2n) is 17.8. The minimum Gasteiger partial charge on any atom is -0.462 e. The standard InChI is InChI=1S/C54H100O6/c1-4-7-10-13-16-19-22-25-28-31-34-37-40-43-46-52(55)58-49-51(60-54(57)48-45-42-39-36-33-30-27-24-21-18-15-12-9-6-3)50-59-53(56)47-44-41-38-35-32-29-26-23-20-17-14-11-8-5-2/h22,24-25,27,51H,4-21,23,26,28-50H2,1-3H3/b25-22+,27-24+. The highest BCUT2D eigenvalue weighted by Gasteiger charge is 2.19. The van der Waals surface area contributed by atoms with Crippen molar-refractivity contribution in [2.45, 2.75) is 290 Å². The summed E-state index contributed by atoms with van der Waals surface area (Å²) in [5, 5.41) is 0. The smallest absolute Gasteiger partial charge is 0.306 e. The molecule has 0 aliphatic rings. The minimum atomic E-state index is -0.774. The molecule has 0 amide bonds. The van der Waals surface area contributed by atoms with Gasteiger partial charge in [-0.3, -0.25) is 14.4 Å². The highest BCUT2D eigenvalue weighted by atomic mass is 16.6. The van der Waals surface area contributed by atoms with Gasteiger partial charge in [0, 0.05) is 19.3 Å². The molecule has 0 bridgehead atoms. The van der Waals surface area contributed by atoms with Crippen molar-refractivity contribution in [2.24, 2.45) is 0 Å². The van der Waals surface area contributed by atoms with Crippen LogP contribution in [0.15, 0.2) is 24.3 Å². The number of carbonyl (C=O) groups is 3. The molecule has 0 fully saturated rings. The van der Waals surface area contributed by atoms with Crippen LogP contribution in [0.1, 0.15) is 284 Å². The lowest BCUT2D eigenvalue weighted by Gasteiger charge is -2.18. The van der Waals surface area contributed by atoms with E-state index in [0.717, 1.165) is 70.6 Å². The lowest BCUT2D eigenvalue weighted by atomic mass is 10.0. The molecule has 0 aromatic heterocycles. The van der Waals surface area contributed by atoms with Crippen LogP contribution >= 0.6 is 0 Å². The first-order valence-corrected chi connectivity index (χ1v) is 26.3. The maximum Gasteiger partial charge on any atom is 0.306 e. The van der Waals surface area contributed by atoms with Crippen molar-refractivity contribution >= 4 is 17.9 Å². The number of allylic oxidation sites excluding steroid dienone is 4. The summed E-state index contributed by atoms with van der Waals surface area (Å²) in [6.45, 7) is 6.63. The molecule has 6 heteroatoms. The van der Waals surface area contributed by atoms with E-state index in [4.69, 9.17) is 14.2 Å². The van der Waals surface area contributed by atoms with Crippen LogP contribution in [0.25, 0.3) is 0 Å². The first kappa shape index (κ1) is 57.9. The molecule has 0 saturated heterocycles. The molecule has 0 rings (SSSR count). The SMILES string of the molecule is CCCCCCC/C=C/CCCCCCCC(=O)OCC(COC(=O)CCCCCCCCCCCCCCCC)OC(=O)CCCCCCC/C=C/CCCCCCC. The van der Waals surface area contributed by atoms with Gasteiger partial charge in [-0.1, -0.05) is 218 Å². The summed E-state index contributed by atoms with van der Waals surface area (Å²) in [6, 6.07) is 0. The third-order valence-corrected chi connectivity index (χ3v) is 11.7. The third-order valence-electron chi connectivity index (χ3n) is 11.7. The summed E-state index contributed by atoms with van der Waals surface area (Å²) in [6.07, 6.45) is 55.8. The molecule has 1 unspecified atom stereocenters. The topological polar surface area (TPSA) is 78.9 Å². The predicted octanol–water partition coefficient (Wildman–Crippen LogP) is 17.2. The average Bonchev–Trinajstić information content (AvgIpc) is 3.24. The Bertz CT molecular complexity index is 973. The van der Waals surface area contributed by atoms with E-state index in [0.29, 0.717) is 19.3 Å². The van der Waals surface area contributed by atoms with Crippen molar-refractivity contribution in [3.05, 3.63) is 24.3 Å². The normalized spacial score (nSPS) is 12.1. The van der Waals surface area contributed by atoms with Crippen LogP contribution in [0, 0.1) is 0 Å². The number of ether oxygens (including phenoxy) is 3. The van der Waals surface area contributed by atoms with E-state index in [1.807, 2.05) is 0 Å². The molecule has 60 heavy (non-hydrogen) atoms. The first-order valence-electron chi connectivity index (χ1n) is 26.3. The molecule has 0 N–H and O–H groups in total. The predicted molar refractivity (Wildman–Crippen MR) is 256 cm³/mol. The fourth-order valence-corrected chi connectivity index (χ4v) is 7.67. The van der Waals surface area contributed by atoms with Gasteiger partial charge in [-0.15, -0.1) is 0 Å². The summed E-state index contributed by atoms with van der Waals surface area (Å²) >= 11 is 0. The Balaban J connectivity index is 4.37. The second kappa shape index (κ2) is 49.5. The van der Waals surface area contributed by atoms with Crippen LogP contribution in [0.3, 0.4) is 0 Å². The zero-order valence-corrected chi connectivity index (χ0v) is 40.2. The fraction of sp³-hybridized carbons (Fsp3) is 0.870. The number of esters is 3. The molecule has 0 aliphatic heterocycles. The molecular formula is C54H100O6. The number of carbonyl (C=O) groups excluding carboxylic acids is 3. The fourth-order valence-electron chi connectivity index (χ4n) is 7.67. The number of rotatable bonds is 48. The maximum atomic E-state index is 12.8. The third kappa shape index (κ3) is 46.9. The first-order chi connectivity index (χ1) is 29.5. The molecule has 0 aromatic carbocycles. The van der Waals surface area contributed by atoms with Crippen molar-refractivity contribution in [2.75, 3.05) is 13.2 Å². The van der Waals surface area contributed by atoms with Crippen LogP contribution < -0.4 is 0 Å². The highest BCUT2D eigenvalue weighted by Crippen LogP contribution is 2.15. The summed E-state index contributed by atoms with van der Waals surface area (Å²) in [4.78, 5) is 38.0. The van der Waals surface area contributed by atoms with Gasteiger partial charge in [-0.05, 0) is 70.6 Å². The van der Waals surface area contributed by atoms with Gasteiger partial charge in [-0.25, -0.2) is 0 Å². The Labute approximate surface area is 373 Å². The Morgan fingerprint density at radius 3 is 0.833 bits per heavy atom. The Morgan fingerprint density at radius 1 is 0.317 bits per heavy atom. The number of hydrogen-bond donors (Lipinski definition) is 0. The van der Waals surface area contributed by atoms with Gasteiger partial charge in [0.15, 0.2) is 6.10 Å². The average molecular weight is 845 g/mol. The van der Waals surface area contributed by atoms with Crippen LogP contribution in [0.4, 0.5) is 0 Å². The van der Waals surface area contributed by atoms with Gasteiger partial charge < -0.3 is 14.2 Å². The molecule has 0 saturated carbocycles. The van der Waals surface area contributed by atoms with Gasteiger partial charge >= 0.3 is 17.9 Å². The summed E-state index contributed by atoms with van der Waals surface area (Å²) in [7, 11) is 0. The van der Waals surface area contributed by atoms with E-state index >= 15 is 0 Å². The quantitative estimate of drug-likeness (QED) is 0.0263. The molecule has 352 valence electrons. The molecule has 0 heterocycles. The second-order valence-corrected chi connectivity index (χ2v) is 17.8. The van der Waals surface area contributed by atoms with E-state index in [2.05, 4.69) is 45.1 Å². The molecular weight excluding hydrogens is 745 g/mol. The molecule has 0 aliphatic carbocycles. The van der Waals surface area contributed by atoms with Crippen molar-refractivity contribution in [1.29, 1.82) is 0 Å².